The van der Waals surface area contributed by atoms with Crippen molar-refractivity contribution in [1.82, 2.24) is 0 Å². The lowest BCUT2D eigenvalue weighted by Gasteiger charge is -2.02. The van der Waals surface area contributed by atoms with E-state index in [1.165, 1.54) is 18.2 Å². The average Bonchev–Trinajstić information content (AvgIpc) is 2.03. The molecule has 1 aromatic carbocycles. The molecule has 1 aromatic rings. The van der Waals surface area contributed by atoms with Gasteiger partial charge in [0.1, 0.15) is 6.61 Å². The van der Waals surface area contributed by atoms with Crippen molar-refractivity contribution in [1.29, 1.82) is 0 Å². The third kappa shape index (κ3) is 2.14. The maximum Gasteiger partial charge on any atom is 0.166 e. The predicted octanol–water partition coefficient (Wildman–Crippen LogP) is 2.49. The molecule has 0 radical (unpaired) electrons. The molecule has 0 atom stereocenters. The Hall–Kier alpha value is -1.20. The van der Waals surface area contributed by atoms with Gasteiger partial charge in [0.15, 0.2) is 11.6 Å². The zero-order valence-electron chi connectivity index (χ0n) is 6.18. The lowest BCUT2D eigenvalue weighted by Crippen LogP contribution is -1.95. The summed E-state index contributed by atoms with van der Waals surface area (Å²) in [6.07, 6.45) is 4.93. The highest BCUT2D eigenvalue weighted by Gasteiger charge is 2.01. The van der Waals surface area contributed by atoms with Crippen molar-refractivity contribution in [3.63, 3.8) is 0 Å². The van der Waals surface area contributed by atoms with Crippen molar-refractivity contribution in [2.75, 3.05) is 6.61 Å². The standard InChI is InChI=1S/C9H6ClFO/c1-2-5-12-9-4-3-7(10)6-8(9)11/h1,3-4,6H,5H2. The summed E-state index contributed by atoms with van der Waals surface area (Å²) in [5.41, 5.74) is 0. The minimum atomic E-state index is -0.502. The predicted molar refractivity (Wildman–Crippen MR) is 45.7 cm³/mol. The minimum Gasteiger partial charge on any atom is -0.478 e. The van der Waals surface area contributed by atoms with Crippen LogP contribution < -0.4 is 4.74 Å². The summed E-state index contributed by atoms with van der Waals surface area (Å²) in [5.74, 6) is 1.86. The Kier molecular flexibility index (Phi) is 2.95. The molecule has 0 unspecified atom stereocenters. The van der Waals surface area contributed by atoms with Gasteiger partial charge in [-0.25, -0.2) is 4.39 Å². The van der Waals surface area contributed by atoms with Crippen LogP contribution in [0.3, 0.4) is 0 Å². The van der Waals surface area contributed by atoms with E-state index < -0.39 is 5.82 Å². The smallest absolute Gasteiger partial charge is 0.166 e. The number of halogens is 2. The molecule has 0 aliphatic heterocycles. The molecule has 3 heteroatoms. The summed E-state index contributed by atoms with van der Waals surface area (Å²) in [5, 5.41) is 0.334. The molecule has 0 saturated carbocycles. The number of terminal acetylenes is 1. The summed E-state index contributed by atoms with van der Waals surface area (Å²) in [6.45, 7) is 0.0541. The Bertz CT molecular complexity index is 317. The SMILES string of the molecule is C#CCOc1ccc(Cl)cc1F. The van der Waals surface area contributed by atoms with E-state index >= 15 is 0 Å². The quantitative estimate of drug-likeness (QED) is 0.642. The van der Waals surface area contributed by atoms with E-state index in [1.807, 2.05) is 0 Å². The molecule has 0 aromatic heterocycles. The van der Waals surface area contributed by atoms with Gasteiger partial charge in [-0.1, -0.05) is 17.5 Å². The van der Waals surface area contributed by atoms with E-state index in [2.05, 4.69) is 5.92 Å². The van der Waals surface area contributed by atoms with Gasteiger partial charge in [-0.05, 0) is 18.2 Å². The van der Waals surface area contributed by atoms with Gasteiger partial charge < -0.3 is 4.74 Å². The van der Waals surface area contributed by atoms with Crippen molar-refractivity contribution < 1.29 is 9.13 Å². The van der Waals surface area contributed by atoms with Gasteiger partial charge in [-0.15, -0.1) is 6.42 Å². The molecule has 0 bridgehead atoms. The van der Waals surface area contributed by atoms with Crippen LogP contribution >= 0.6 is 11.6 Å². The van der Waals surface area contributed by atoms with E-state index in [9.17, 15) is 4.39 Å². The molecule has 12 heavy (non-hydrogen) atoms. The van der Waals surface area contributed by atoms with Crippen LogP contribution in [0.15, 0.2) is 18.2 Å². The number of rotatable bonds is 2. The fourth-order valence-corrected chi connectivity index (χ4v) is 0.870. The second-order valence-electron chi connectivity index (χ2n) is 2.07. The van der Waals surface area contributed by atoms with Crippen LogP contribution in [0.5, 0.6) is 5.75 Å². The highest BCUT2D eigenvalue weighted by molar-refractivity contribution is 6.30. The second kappa shape index (κ2) is 3.99. The first kappa shape index (κ1) is 8.89. The molecular weight excluding hydrogens is 179 g/mol. The minimum absolute atomic E-state index is 0.0541. The summed E-state index contributed by atoms with van der Waals surface area (Å²) in [4.78, 5) is 0. The number of benzene rings is 1. The molecule has 1 rings (SSSR count). The Morgan fingerprint density at radius 3 is 2.92 bits per heavy atom. The fraction of sp³-hybridized carbons (Fsp3) is 0.111. The normalized spacial score (nSPS) is 9.08. The molecule has 0 amide bonds. The zero-order chi connectivity index (χ0) is 8.97. The molecule has 0 fully saturated rings. The zero-order valence-corrected chi connectivity index (χ0v) is 6.94. The maximum absolute atomic E-state index is 12.9. The van der Waals surface area contributed by atoms with Gasteiger partial charge in [0.25, 0.3) is 0 Å². The molecule has 0 aliphatic carbocycles. The van der Waals surface area contributed by atoms with Crippen molar-refractivity contribution in [2.24, 2.45) is 0 Å². The summed E-state index contributed by atoms with van der Waals surface area (Å²) in [6, 6.07) is 4.15. The average molecular weight is 185 g/mol. The van der Waals surface area contributed by atoms with E-state index in [0.717, 1.165) is 0 Å². The molecule has 0 N–H and O–H groups in total. The molecule has 0 aliphatic rings. The summed E-state index contributed by atoms with van der Waals surface area (Å²) in [7, 11) is 0. The molecule has 0 spiro atoms. The van der Waals surface area contributed by atoms with Crippen LogP contribution in [0.25, 0.3) is 0 Å². The Balaban J connectivity index is 2.81. The Morgan fingerprint density at radius 1 is 1.58 bits per heavy atom. The van der Waals surface area contributed by atoms with E-state index in [0.29, 0.717) is 5.02 Å². The van der Waals surface area contributed by atoms with E-state index in [1.54, 1.807) is 0 Å². The van der Waals surface area contributed by atoms with Gasteiger partial charge in [0.2, 0.25) is 0 Å². The van der Waals surface area contributed by atoms with Crippen LogP contribution in [0.4, 0.5) is 4.39 Å². The van der Waals surface area contributed by atoms with Gasteiger partial charge in [0.05, 0.1) is 0 Å². The van der Waals surface area contributed by atoms with Gasteiger partial charge in [-0.2, -0.15) is 0 Å². The number of ether oxygens (including phenoxy) is 1. The molecule has 62 valence electrons. The fourth-order valence-electron chi connectivity index (χ4n) is 0.712. The van der Waals surface area contributed by atoms with Gasteiger partial charge in [0, 0.05) is 5.02 Å². The molecular formula is C9H6ClFO. The van der Waals surface area contributed by atoms with Crippen LogP contribution in [-0.4, -0.2) is 6.61 Å². The largest absolute Gasteiger partial charge is 0.478 e. The Morgan fingerprint density at radius 2 is 2.33 bits per heavy atom. The highest BCUT2D eigenvalue weighted by atomic mass is 35.5. The Labute approximate surface area is 75.1 Å². The lowest BCUT2D eigenvalue weighted by molar-refractivity contribution is 0.348. The molecule has 0 saturated heterocycles. The van der Waals surface area contributed by atoms with Crippen LogP contribution in [0.2, 0.25) is 5.02 Å². The second-order valence-corrected chi connectivity index (χ2v) is 2.50. The molecule has 0 heterocycles. The number of hydrogen-bond acceptors (Lipinski definition) is 1. The van der Waals surface area contributed by atoms with Crippen molar-refractivity contribution >= 4 is 11.6 Å². The first-order chi connectivity index (χ1) is 5.74. The molecule has 1 nitrogen and oxygen atoms in total. The van der Waals surface area contributed by atoms with E-state index in [-0.39, 0.29) is 12.4 Å². The third-order valence-corrected chi connectivity index (χ3v) is 1.44. The first-order valence-electron chi connectivity index (χ1n) is 3.25. The highest BCUT2D eigenvalue weighted by Crippen LogP contribution is 2.20. The topological polar surface area (TPSA) is 9.23 Å². The van der Waals surface area contributed by atoms with Crippen molar-refractivity contribution in [3.8, 4) is 18.1 Å². The summed E-state index contributed by atoms with van der Waals surface area (Å²) < 4.78 is 17.8. The monoisotopic (exact) mass is 184 g/mol. The third-order valence-electron chi connectivity index (χ3n) is 1.20. The van der Waals surface area contributed by atoms with Crippen LogP contribution in [0.1, 0.15) is 0 Å². The summed E-state index contributed by atoms with van der Waals surface area (Å²) >= 11 is 5.52. The van der Waals surface area contributed by atoms with E-state index in [4.69, 9.17) is 22.8 Å². The maximum atomic E-state index is 12.9. The van der Waals surface area contributed by atoms with Gasteiger partial charge in [-0.3, -0.25) is 0 Å². The van der Waals surface area contributed by atoms with Gasteiger partial charge >= 0.3 is 0 Å². The lowest BCUT2D eigenvalue weighted by atomic mass is 10.3. The van der Waals surface area contributed by atoms with Crippen molar-refractivity contribution in [3.05, 3.63) is 29.0 Å². The van der Waals surface area contributed by atoms with Crippen LogP contribution in [0, 0.1) is 18.2 Å². The van der Waals surface area contributed by atoms with Crippen LogP contribution in [-0.2, 0) is 0 Å². The first-order valence-corrected chi connectivity index (χ1v) is 3.63. The van der Waals surface area contributed by atoms with Crippen molar-refractivity contribution in [2.45, 2.75) is 0 Å². The number of hydrogen-bond donors (Lipinski definition) is 0.